The molecule has 1 saturated heterocycles. The van der Waals surface area contributed by atoms with E-state index in [9.17, 15) is 13.2 Å². The van der Waals surface area contributed by atoms with Crippen molar-refractivity contribution in [3.63, 3.8) is 0 Å². The van der Waals surface area contributed by atoms with Crippen LogP contribution in [0.1, 0.15) is 43.9 Å². The van der Waals surface area contributed by atoms with E-state index in [0.717, 1.165) is 5.56 Å². The van der Waals surface area contributed by atoms with Gasteiger partial charge in [-0.05, 0) is 125 Å². The van der Waals surface area contributed by atoms with Crippen molar-refractivity contribution in [2.75, 3.05) is 34.4 Å². The molecule has 1 atom stereocenters. The van der Waals surface area contributed by atoms with Crippen LogP contribution >= 0.6 is 22.6 Å². The number of tetrazole rings is 1. The van der Waals surface area contributed by atoms with Gasteiger partial charge in [-0.15, -0.1) is 5.10 Å². The summed E-state index contributed by atoms with van der Waals surface area (Å²) in [6.45, 7) is 5.35. The molecule has 59 heavy (non-hydrogen) atoms. The number of nitrogens with zero attached hydrogens (tertiary/aromatic N) is 6. The largest absolute Gasteiger partial charge is 0.497 e. The number of methoxy groups -OCH3 is 3. The lowest BCUT2D eigenvalue weighted by Crippen LogP contribution is -2.41. The van der Waals surface area contributed by atoms with E-state index in [1.54, 1.807) is 88.5 Å². The first kappa shape index (κ1) is 43.7. The van der Waals surface area contributed by atoms with Crippen LogP contribution in [0.3, 0.4) is 0 Å². The van der Waals surface area contributed by atoms with Crippen molar-refractivity contribution in [1.29, 1.82) is 0 Å². The summed E-state index contributed by atoms with van der Waals surface area (Å²) in [6, 6.07) is 23.1. The summed E-state index contributed by atoms with van der Waals surface area (Å²) in [7, 11) is -4.74. The maximum absolute atomic E-state index is 15.6. The third kappa shape index (κ3) is 10.5. The summed E-state index contributed by atoms with van der Waals surface area (Å²) in [5, 5.41) is 12.4. The summed E-state index contributed by atoms with van der Waals surface area (Å²) < 4.78 is 87.8. The van der Waals surface area contributed by atoms with Gasteiger partial charge < -0.3 is 23.8 Å². The minimum atomic E-state index is -4.76. The molecule has 1 fully saturated rings. The Balaban J connectivity index is 1.49. The smallest absolute Gasteiger partial charge is 0.410 e. The number of halogens is 1. The van der Waals surface area contributed by atoms with Gasteiger partial charge in [0.2, 0.25) is 20.0 Å². The van der Waals surface area contributed by atoms with Crippen molar-refractivity contribution in [2.45, 2.75) is 68.3 Å². The molecule has 4 aromatic carbocycles. The van der Waals surface area contributed by atoms with Crippen molar-refractivity contribution in [3.8, 4) is 28.6 Å². The molecule has 0 bridgehead atoms. The molecule has 6 rings (SSSR count). The van der Waals surface area contributed by atoms with Crippen molar-refractivity contribution in [1.82, 2.24) is 34.1 Å². The summed E-state index contributed by atoms with van der Waals surface area (Å²) >= 11 is 1.98. The van der Waals surface area contributed by atoms with Gasteiger partial charge in [0.25, 0.3) is 0 Å². The summed E-state index contributed by atoms with van der Waals surface area (Å²) in [5.41, 5.74) is 1.27. The summed E-state index contributed by atoms with van der Waals surface area (Å²) in [6.07, 6.45) is -0.297. The maximum Gasteiger partial charge on any atom is 0.410 e. The lowest BCUT2D eigenvalue weighted by atomic mass is 10.2. The van der Waals surface area contributed by atoms with Gasteiger partial charge in [0, 0.05) is 35.8 Å². The number of aromatic nitrogens is 4. The number of amides is 1. The molecule has 19 heteroatoms. The lowest BCUT2D eigenvalue weighted by molar-refractivity contribution is 0.0292. The average molecular weight is 960 g/mol. The number of ether oxygens (including phenoxy) is 4. The molecule has 5 aromatic rings. The number of sulfonamides is 2. The standard InChI is InChI=1S/C40H46IN7O9S2/c1-40(2,3)57-39(49)46-22-21-30(26-46)43-58(50,51)35-20-19-34(41)36(38-42-44-45-48(38)25-29-11-17-33(56-6)18-12-29)37(35)59(52,53)47(23-27-7-13-31(54-4)14-8-27)24-28-9-15-32(55-5)16-10-28/h7-20,30,43H,21-26H2,1-6H3. The Morgan fingerprint density at radius 2 is 1.34 bits per heavy atom. The SMILES string of the molecule is COc1ccc(CN(Cc2ccc(OC)cc2)S(=O)(=O)c2c(S(=O)(=O)NC3CCN(C(=O)OC(C)(C)C)C3)ccc(I)c2-c2nnnn2Cc2ccc(OC)cc2)cc1. The molecule has 2 heterocycles. The van der Waals surface area contributed by atoms with E-state index in [1.807, 2.05) is 34.7 Å². The van der Waals surface area contributed by atoms with Crippen LogP contribution in [0, 0.1) is 3.57 Å². The Morgan fingerprint density at radius 3 is 1.85 bits per heavy atom. The first-order valence-electron chi connectivity index (χ1n) is 18.5. The minimum Gasteiger partial charge on any atom is -0.497 e. The van der Waals surface area contributed by atoms with E-state index < -0.39 is 47.6 Å². The highest BCUT2D eigenvalue weighted by Crippen LogP contribution is 2.39. The molecule has 1 unspecified atom stereocenters. The van der Waals surface area contributed by atoms with Crippen LogP contribution in [0.4, 0.5) is 4.79 Å². The van der Waals surface area contributed by atoms with Gasteiger partial charge in [-0.25, -0.2) is 31.0 Å². The summed E-state index contributed by atoms with van der Waals surface area (Å²) in [4.78, 5) is 13.3. The van der Waals surface area contributed by atoms with Crippen LogP contribution in [-0.2, 0) is 44.4 Å². The third-order valence-corrected chi connectivity index (χ3v) is 13.9. The molecule has 1 amide bonds. The molecule has 0 saturated carbocycles. The number of hydrogen-bond donors (Lipinski definition) is 1. The lowest BCUT2D eigenvalue weighted by Gasteiger charge is -2.26. The highest BCUT2D eigenvalue weighted by atomic mass is 127. The number of benzene rings is 4. The van der Waals surface area contributed by atoms with Crippen LogP contribution in [0.15, 0.2) is 94.7 Å². The zero-order valence-corrected chi connectivity index (χ0v) is 37.2. The molecule has 16 nitrogen and oxygen atoms in total. The molecule has 314 valence electrons. The van der Waals surface area contributed by atoms with E-state index in [2.05, 4.69) is 20.2 Å². The predicted octanol–water partition coefficient (Wildman–Crippen LogP) is 5.70. The van der Waals surface area contributed by atoms with Crippen LogP contribution < -0.4 is 18.9 Å². The number of hydrogen-bond acceptors (Lipinski definition) is 12. The second kappa shape index (κ2) is 18.2. The second-order valence-corrected chi connectivity index (χ2v) is 19.5. The molecule has 0 spiro atoms. The quantitative estimate of drug-likeness (QED) is 0.127. The fourth-order valence-electron chi connectivity index (χ4n) is 6.47. The van der Waals surface area contributed by atoms with E-state index >= 15 is 8.42 Å². The van der Waals surface area contributed by atoms with Gasteiger partial charge in [0.15, 0.2) is 5.82 Å². The second-order valence-electron chi connectivity index (χ2n) is 14.8. The molecule has 1 aliphatic heterocycles. The average Bonchev–Trinajstić information content (AvgIpc) is 3.87. The van der Waals surface area contributed by atoms with E-state index in [1.165, 1.54) is 40.2 Å². The predicted molar refractivity (Wildman–Crippen MR) is 227 cm³/mol. The first-order valence-corrected chi connectivity index (χ1v) is 22.5. The van der Waals surface area contributed by atoms with Gasteiger partial charge in [0.05, 0.1) is 33.4 Å². The zero-order chi connectivity index (χ0) is 42.5. The highest BCUT2D eigenvalue weighted by Gasteiger charge is 2.39. The van der Waals surface area contributed by atoms with E-state index in [-0.39, 0.29) is 50.5 Å². The van der Waals surface area contributed by atoms with Crippen molar-refractivity contribution < 1.29 is 40.6 Å². The normalized spacial score (nSPS) is 14.7. The van der Waals surface area contributed by atoms with Gasteiger partial charge in [-0.3, -0.25) is 0 Å². The fraction of sp³-hybridized carbons (Fsp3) is 0.350. The van der Waals surface area contributed by atoms with Crippen LogP contribution in [0.5, 0.6) is 17.2 Å². The zero-order valence-electron chi connectivity index (χ0n) is 33.5. The molecule has 0 radical (unpaired) electrons. The van der Waals surface area contributed by atoms with E-state index in [0.29, 0.717) is 31.9 Å². The first-order chi connectivity index (χ1) is 28.0. The molecular weight excluding hydrogens is 914 g/mol. The molecule has 1 N–H and O–H groups in total. The van der Waals surface area contributed by atoms with Gasteiger partial charge in [-0.1, -0.05) is 36.4 Å². The fourth-order valence-corrected chi connectivity index (χ4v) is 11.0. The van der Waals surface area contributed by atoms with Gasteiger partial charge in [0.1, 0.15) is 32.6 Å². The number of likely N-dealkylation sites (tertiary alicyclic amines) is 1. The van der Waals surface area contributed by atoms with Crippen LogP contribution in [0.2, 0.25) is 0 Å². The minimum absolute atomic E-state index is 0.00301. The molecule has 0 aliphatic carbocycles. The Morgan fingerprint density at radius 1 is 0.814 bits per heavy atom. The van der Waals surface area contributed by atoms with Crippen LogP contribution in [-0.4, -0.2) is 98.4 Å². The summed E-state index contributed by atoms with van der Waals surface area (Å²) in [5.74, 6) is 1.84. The van der Waals surface area contributed by atoms with Crippen LogP contribution in [0.25, 0.3) is 11.4 Å². The topological polar surface area (TPSA) is 184 Å². The number of carbonyl (C=O) groups is 1. The molecule has 1 aliphatic rings. The number of nitrogens with one attached hydrogen (secondary N) is 1. The van der Waals surface area contributed by atoms with Crippen molar-refractivity contribution >= 4 is 48.7 Å². The van der Waals surface area contributed by atoms with Crippen molar-refractivity contribution in [2.24, 2.45) is 0 Å². The Labute approximate surface area is 358 Å². The van der Waals surface area contributed by atoms with E-state index in [4.69, 9.17) is 18.9 Å². The Hall–Kier alpha value is -4.83. The van der Waals surface area contributed by atoms with Gasteiger partial charge in [-0.2, -0.15) is 4.31 Å². The number of carbonyl (C=O) groups excluding carboxylic acids is 1. The Kier molecular flexibility index (Phi) is 13.5. The monoisotopic (exact) mass is 959 g/mol. The maximum atomic E-state index is 15.6. The third-order valence-electron chi connectivity index (χ3n) is 9.40. The number of rotatable bonds is 15. The Bertz CT molecular complexity index is 2430. The van der Waals surface area contributed by atoms with Gasteiger partial charge >= 0.3 is 6.09 Å². The highest BCUT2D eigenvalue weighted by molar-refractivity contribution is 14.1. The molecule has 1 aromatic heterocycles. The molecular formula is C40H46IN7O9S2. The van der Waals surface area contributed by atoms with Crippen molar-refractivity contribution in [3.05, 3.63) is 105 Å².